The molecule has 0 aliphatic heterocycles. The van der Waals surface area contributed by atoms with E-state index in [1.54, 1.807) is 48.3 Å². The second-order valence-electron chi connectivity index (χ2n) is 6.16. The summed E-state index contributed by atoms with van der Waals surface area (Å²) < 4.78 is 7.07. The van der Waals surface area contributed by atoms with E-state index in [4.69, 9.17) is 4.74 Å². The van der Waals surface area contributed by atoms with E-state index in [1.165, 1.54) is 0 Å². The highest BCUT2D eigenvalue weighted by atomic mass is 16.5. The van der Waals surface area contributed by atoms with Crippen LogP contribution in [0.1, 0.15) is 27.6 Å². The Morgan fingerprint density at radius 2 is 1.85 bits per heavy atom. The third-order valence-corrected chi connectivity index (χ3v) is 4.38. The maximum Gasteiger partial charge on any atom is 0.338 e. The summed E-state index contributed by atoms with van der Waals surface area (Å²) in [5.74, 6) is -0.781. The van der Waals surface area contributed by atoms with Crippen molar-refractivity contribution in [1.82, 2.24) is 14.8 Å². The SMILES string of the molecule is CC(OC(=O)c1ccc(-n2cccn2)cc1)C(=O)c1c[nH]c2ccccc12. The van der Waals surface area contributed by atoms with Gasteiger partial charge in [-0.2, -0.15) is 5.10 Å². The monoisotopic (exact) mass is 359 g/mol. The Labute approximate surface area is 155 Å². The summed E-state index contributed by atoms with van der Waals surface area (Å²) in [4.78, 5) is 28.1. The van der Waals surface area contributed by atoms with Gasteiger partial charge in [-0.25, -0.2) is 9.48 Å². The van der Waals surface area contributed by atoms with Crippen LogP contribution in [0.25, 0.3) is 16.6 Å². The van der Waals surface area contributed by atoms with Gasteiger partial charge >= 0.3 is 5.97 Å². The van der Waals surface area contributed by atoms with Gasteiger partial charge < -0.3 is 9.72 Å². The van der Waals surface area contributed by atoms with Gasteiger partial charge in [0.1, 0.15) is 0 Å². The first kappa shape index (κ1) is 16.8. The molecule has 134 valence electrons. The van der Waals surface area contributed by atoms with Crippen molar-refractivity contribution in [2.75, 3.05) is 0 Å². The van der Waals surface area contributed by atoms with Crippen molar-refractivity contribution >= 4 is 22.7 Å². The molecular formula is C21H17N3O3. The Kier molecular flexibility index (Phi) is 4.30. The number of nitrogens with zero attached hydrogens (tertiary/aromatic N) is 2. The molecule has 0 bridgehead atoms. The molecule has 27 heavy (non-hydrogen) atoms. The first-order valence-corrected chi connectivity index (χ1v) is 8.55. The number of benzene rings is 2. The number of aromatic amines is 1. The van der Waals surface area contributed by atoms with Gasteiger partial charge in [0.25, 0.3) is 0 Å². The van der Waals surface area contributed by atoms with E-state index in [0.717, 1.165) is 16.6 Å². The highest BCUT2D eigenvalue weighted by molar-refractivity contribution is 6.10. The van der Waals surface area contributed by atoms with E-state index in [9.17, 15) is 9.59 Å². The van der Waals surface area contributed by atoms with Gasteiger partial charge in [0.15, 0.2) is 6.10 Å². The molecule has 1 N–H and O–H groups in total. The molecule has 6 heteroatoms. The van der Waals surface area contributed by atoms with Gasteiger partial charge in [-0.05, 0) is 43.3 Å². The molecule has 2 aromatic carbocycles. The quantitative estimate of drug-likeness (QED) is 0.434. The highest BCUT2D eigenvalue weighted by Crippen LogP contribution is 2.20. The van der Waals surface area contributed by atoms with E-state index >= 15 is 0 Å². The van der Waals surface area contributed by atoms with Gasteiger partial charge in [-0.1, -0.05) is 18.2 Å². The van der Waals surface area contributed by atoms with Crippen LogP contribution in [0.15, 0.2) is 73.2 Å². The summed E-state index contributed by atoms with van der Waals surface area (Å²) in [7, 11) is 0. The number of aromatic nitrogens is 3. The number of carbonyl (C=O) groups excluding carboxylic acids is 2. The van der Waals surface area contributed by atoms with Crippen LogP contribution >= 0.6 is 0 Å². The number of H-pyrrole nitrogens is 1. The number of esters is 1. The lowest BCUT2D eigenvalue weighted by molar-refractivity contribution is 0.0319. The van der Waals surface area contributed by atoms with Crippen LogP contribution in [0.3, 0.4) is 0 Å². The van der Waals surface area contributed by atoms with E-state index < -0.39 is 12.1 Å². The molecule has 1 unspecified atom stereocenters. The van der Waals surface area contributed by atoms with Gasteiger partial charge in [0.05, 0.1) is 11.3 Å². The van der Waals surface area contributed by atoms with Crippen LogP contribution in [0.4, 0.5) is 0 Å². The molecule has 0 fully saturated rings. The predicted molar refractivity (Wildman–Crippen MR) is 101 cm³/mol. The lowest BCUT2D eigenvalue weighted by Crippen LogP contribution is -2.24. The van der Waals surface area contributed by atoms with Crippen molar-refractivity contribution in [2.24, 2.45) is 0 Å². The van der Waals surface area contributed by atoms with Gasteiger partial charge in [-0.15, -0.1) is 0 Å². The normalized spacial score (nSPS) is 12.0. The van der Waals surface area contributed by atoms with Crippen LogP contribution in [-0.2, 0) is 4.74 Å². The van der Waals surface area contributed by atoms with Crippen molar-refractivity contribution in [3.63, 3.8) is 0 Å². The van der Waals surface area contributed by atoms with Crippen molar-refractivity contribution < 1.29 is 14.3 Å². The lowest BCUT2D eigenvalue weighted by Gasteiger charge is -2.12. The molecule has 2 aromatic heterocycles. The van der Waals surface area contributed by atoms with Crippen LogP contribution in [0.2, 0.25) is 0 Å². The molecule has 0 saturated carbocycles. The Balaban J connectivity index is 1.48. The van der Waals surface area contributed by atoms with Crippen molar-refractivity contribution in [3.8, 4) is 5.69 Å². The summed E-state index contributed by atoms with van der Waals surface area (Å²) in [5.41, 5.74) is 2.59. The molecule has 2 heterocycles. The number of hydrogen-bond acceptors (Lipinski definition) is 4. The third-order valence-electron chi connectivity index (χ3n) is 4.38. The van der Waals surface area contributed by atoms with Crippen molar-refractivity contribution in [3.05, 3.63) is 84.3 Å². The topological polar surface area (TPSA) is 77.0 Å². The highest BCUT2D eigenvalue weighted by Gasteiger charge is 2.22. The summed E-state index contributed by atoms with van der Waals surface area (Å²) in [6, 6.07) is 16.2. The number of nitrogens with one attached hydrogen (secondary N) is 1. The number of carbonyl (C=O) groups is 2. The van der Waals surface area contributed by atoms with E-state index in [1.807, 2.05) is 36.5 Å². The molecule has 4 rings (SSSR count). The molecule has 0 radical (unpaired) electrons. The van der Waals surface area contributed by atoms with Crippen molar-refractivity contribution in [1.29, 1.82) is 0 Å². The van der Waals surface area contributed by atoms with Crippen LogP contribution < -0.4 is 0 Å². The van der Waals surface area contributed by atoms with Crippen LogP contribution in [-0.4, -0.2) is 32.6 Å². The fraction of sp³-hybridized carbons (Fsp3) is 0.0952. The Morgan fingerprint density at radius 3 is 2.59 bits per heavy atom. The molecule has 0 aliphatic rings. The zero-order valence-corrected chi connectivity index (χ0v) is 14.6. The first-order chi connectivity index (χ1) is 13.1. The average molecular weight is 359 g/mol. The summed E-state index contributed by atoms with van der Waals surface area (Å²) in [6.07, 6.45) is 4.26. The van der Waals surface area contributed by atoms with Crippen LogP contribution in [0.5, 0.6) is 0 Å². The lowest BCUT2D eigenvalue weighted by atomic mass is 10.1. The number of ketones is 1. The summed E-state index contributed by atoms with van der Waals surface area (Å²) in [6.45, 7) is 1.58. The smallest absolute Gasteiger partial charge is 0.338 e. The number of rotatable bonds is 5. The van der Waals surface area contributed by atoms with Gasteiger partial charge in [0, 0.05) is 35.1 Å². The zero-order chi connectivity index (χ0) is 18.8. The molecule has 0 spiro atoms. The van der Waals surface area contributed by atoms with Crippen molar-refractivity contribution in [2.45, 2.75) is 13.0 Å². The first-order valence-electron chi connectivity index (χ1n) is 8.55. The minimum atomic E-state index is -0.887. The zero-order valence-electron chi connectivity index (χ0n) is 14.6. The minimum absolute atomic E-state index is 0.242. The number of fused-ring (bicyclic) bond motifs is 1. The number of hydrogen-bond donors (Lipinski definition) is 1. The second kappa shape index (κ2) is 6.92. The fourth-order valence-electron chi connectivity index (χ4n) is 2.95. The average Bonchev–Trinajstić information content (AvgIpc) is 3.37. The minimum Gasteiger partial charge on any atom is -0.451 e. The molecule has 4 aromatic rings. The number of para-hydroxylation sites is 1. The van der Waals surface area contributed by atoms with Crippen LogP contribution in [0, 0.1) is 0 Å². The Hall–Kier alpha value is -3.67. The maximum absolute atomic E-state index is 12.7. The van der Waals surface area contributed by atoms with E-state index in [0.29, 0.717) is 11.1 Å². The molecule has 0 saturated heterocycles. The molecule has 6 nitrogen and oxygen atoms in total. The Bertz CT molecular complexity index is 1100. The maximum atomic E-state index is 12.7. The molecule has 0 aliphatic carbocycles. The molecular weight excluding hydrogens is 342 g/mol. The number of Topliss-reactive ketones (excluding diaryl/α,β-unsaturated/α-hetero) is 1. The van der Waals surface area contributed by atoms with Gasteiger partial charge in [-0.3, -0.25) is 4.79 Å². The summed E-state index contributed by atoms with van der Waals surface area (Å²) >= 11 is 0. The third kappa shape index (κ3) is 3.25. The second-order valence-corrected chi connectivity index (χ2v) is 6.16. The van der Waals surface area contributed by atoms with E-state index in [2.05, 4.69) is 10.1 Å². The predicted octanol–water partition coefficient (Wildman–Crippen LogP) is 3.78. The molecule has 0 amide bonds. The fourth-order valence-corrected chi connectivity index (χ4v) is 2.95. The van der Waals surface area contributed by atoms with E-state index in [-0.39, 0.29) is 5.78 Å². The molecule has 1 atom stereocenters. The standard InChI is InChI=1S/C21H17N3O3/c1-14(20(25)18-13-22-19-6-3-2-5-17(18)19)27-21(26)15-7-9-16(10-8-15)24-12-4-11-23-24/h2-14,22H,1H3. The summed E-state index contributed by atoms with van der Waals surface area (Å²) in [5, 5.41) is 4.95. The largest absolute Gasteiger partial charge is 0.451 e. The number of ether oxygens (including phenoxy) is 1. The Morgan fingerprint density at radius 1 is 1.07 bits per heavy atom. The van der Waals surface area contributed by atoms with Gasteiger partial charge in [0.2, 0.25) is 5.78 Å².